The van der Waals surface area contributed by atoms with Gasteiger partial charge in [0.15, 0.2) is 5.82 Å². The predicted octanol–water partition coefficient (Wildman–Crippen LogP) is 5.07. The van der Waals surface area contributed by atoms with Crippen molar-refractivity contribution in [2.45, 2.75) is 65.7 Å². The molecule has 0 radical (unpaired) electrons. The molecular formula is C28H36N6O2. The predicted molar refractivity (Wildman–Crippen MR) is 142 cm³/mol. The van der Waals surface area contributed by atoms with Crippen molar-refractivity contribution < 1.29 is 4.74 Å². The summed E-state index contributed by atoms with van der Waals surface area (Å²) in [6, 6.07) is 17.8. The molecule has 2 heterocycles. The van der Waals surface area contributed by atoms with Crippen molar-refractivity contribution in [3.63, 3.8) is 0 Å². The molecule has 0 aliphatic carbocycles. The maximum atomic E-state index is 13.2. The largest absolute Gasteiger partial charge is 0.497 e. The zero-order valence-corrected chi connectivity index (χ0v) is 22.0. The van der Waals surface area contributed by atoms with Gasteiger partial charge in [-0.3, -0.25) is 9.69 Å². The van der Waals surface area contributed by atoms with Crippen LogP contribution in [0, 0.1) is 5.92 Å². The van der Waals surface area contributed by atoms with Crippen LogP contribution in [0.2, 0.25) is 0 Å². The Balaban J connectivity index is 1.81. The zero-order valence-electron chi connectivity index (χ0n) is 22.0. The third-order valence-corrected chi connectivity index (χ3v) is 6.95. The van der Waals surface area contributed by atoms with E-state index >= 15 is 0 Å². The Labute approximate surface area is 212 Å². The van der Waals surface area contributed by atoms with E-state index in [4.69, 9.17) is 4.74 Å². The lowest BCUT2D eigenvalue weighted by atomic mass is 9.97. The van der Waals surface area contributed by atoms with Crippen molar-refractivity contribution in [1.82, 2.24) is 30.1 Å². The molecule has 0 saturated heterocycles. The van der Waals surface area contributed by atoms with Gasteiger partial charge < -0.3 is 9.72 Å². The molecule has 4 aromatic rings. The van der Waals surface area contributed by atoms with Crippen LogP contribution in [0.4, 0.5) is 0 Å². The molecule has 1 N–H and O–H groups in total. The van der Waals surface area contributed by atoms with Crippen LogP contribution in [0.1, 0.15) is 64.0 Å². The zero-order chi connectivity index (χ0) is 25.9. The van der Waals surface area contributed by atoms with Gasteiger partial charge >= 0.3 is 0 Å². The van der Waals surface area contributed by atoms with E-state index in [1.807, 2.05) is 47.1 Å². The van der Waals surface area contributed by atoms with Crippen LogP contribution in [-0.4, -0.2) is 37.2 Å². The number of nitrogens with zero attached hydrogens (tertiary/aromatic N) is 5. The Hall–Kier alpha value is -3.52. The molecule has 0 fully saturated rings. The second-order valence-electron chi connectivity index (χ2n) is 10.3. The molecule has 0 aliphatic heterocycles. The molecule has 36 heavy (non-hydrogen) atoms. The van der Waals surface area contributed by atoms with Crippen LogP contribution in [0.3, 0.4) is 0 Å². The molecule has 8 heteroatoms. The molecule has 1 atom stereocenters. The molecule has 0 aliphatic rings. The number of nitrogens with one attached hydrogen (secondary N) is 1. The number of hydrogen-bond acceptors (Lipinski definition) is 6. The molecule has 2 aromatic carbocycles. The molecule has 8 nitrogen and oxygen atoms in total. The lowest BCUT2D eigenvalue weighted by molar-refractivity contribution is 0.118. The highest BCUT2D eigenvalue weighted by atomic mass is 16.5. The fraction of sp³-hybridized carbons (Fsp3) is 0.429. The lowest BCUT2D eigenvalue weighted by Gasteiger charge is -2.35. The van der Waals surface area contributed by atoms with Crippen molar-refractivity contribution >= 4 is 10.9 Å². The standard InChI is InChI=1S/C28H36N6O2/c1-7-28(4,5)34-26(30-31-32-34)25(19(2)3)33(17-20-11-9-8-10-12-20)18-22-15-21-16-23(36-6)13-14-24(21)29-27(22)35/h8-16,19,25H,7,17-18H2,1-6H3,(H,29,35). The molecule has 0 saturated carbocycles. The summed E-state index contributed by atoms with van der Waals surface area (Å²) >= 11 is 0. The first-order valence-electron chi connectivity index (χ1n) is 12.5. The molecule has 190 valence electrons. The highest BCUT2D eigenvalue weighted by molar-refractivity contribution is 5.80. The summed E-state index contributed by atoms with van der Waals surface area (Å²) in [6.45, 7) is 11.9. The van der Waals surface area contributed by atoms with Crippen LogP contribution in [0.25, 0.3) is 10.9 Å². The first kappa shape index (κ1) is 25.6. The number of ether oxygens (including phenoxy) is 1. The summed E-state index contributed by atoms with van der Waals surface area (Å²) in [7, 11) is 1.64. The topological polar surface area (TPSA) is 88.9 Å². The van der Waals surface area contributed by atoms with Gasteiger partial charge in [-0.05, 0) is 66.4 Å². The number of tetrazole rings is 1. The van der Waals surface area contributed by atoms with Gasteiger partial charge in [0.05, 0.1) is 18.7 Å². The number of fused-ring (bicyclic) bond motifs is 1. The third-order valence-electron chi connectivity index (χ3n) is 6.95. The Morgan fingerprint density at radius 3 is 2.50 bits per heavy atom. The molecule has 0 amide bonds. The van der Waals surface area contributed by atoms with Crippen LogP contribution >= 0.6 is 0 Å². The minimum atomic E-state index is -0.235. The van der Waals surface area contributed by atoms with Gasteiger partial charge in [0, 0.05) is 29.6 Å². The molecular weight excluding hydrogens is 452 g/mol. The summed E-state index contributed by atoms with van der Waals surface area (Å²) < 4.78 is 7.35. The fourth-order valence-corrected chi connectivity index (χ4v) is 4.61. The number of pyridine rings is 1. The number of methoxy groups -OCH3 is 1. The van der Waals surface area contributed by atoms with Crippen molar-refractivity contribution in [3.8, 4) is 5.75 Å². The van der Waals surface area contributed by atoms with E-state index in [0.717, 1.165) is 34.5 Å². The van der Waals surface area contributed by atoms with Gasteiger partial charge in [0.1, 0.15) is 5.75 Å². The SMILES string of the molecule is CCC(C)(C)n1nnnc1C(C(C)C)N(Cc1ccccc1)Cc1cc2cc(OC)ccc2[nH]c1=O. The normalized spacial score (nSPS) is 13.0. The first-order valence-corrected chi connectivity index (χ1v) is 12.5. The van der Waals surface area contributed by atoms with Gasteiger partial charge in [-0.25, -0.2) is 4.68 Å². The maximum absolute atomic E-state index is 13.2. The average molecular weight is 489 g/mol. The van der Waals surface area contributed by atoms with E-state index in [9.17, 15) is 4.79 Å². The van der Waals surface area contributed by atoms with Crippen LogP contribution in [-0.2, 0) is 18.6 Å². The minimum absolute atomic E-state index is 0.0956. The minimum Gasteiger partial charge on any atom is -0.497 e. The van der Waals surface area contributed by atoms with Crippen molar-refractivity contribution in [2.24, 2.45) is 5.92 Å². The van der Waals surface area contributed by atoms with E-state index in [1.54, 1.807) is 7.11 Å². The van der Waals surface area contributed by atoms with Crippen LogP contribution in [0.5, 0.6) is 5.75 Å². The number of H-pyrrole nitrogens is 1. The number of hydrogen-bond donors (Lipinski definition) is 1. The van der Waals surface area contributed by atoms with Gasteiger partial charge in [0.2, 0.25) is 0 Å². The Morgan fingerprint density at radius 2 is 1.83 bits per heavy atom. The second kappa shape index (κ2) is 10.6. The Morgan fingerprint density at radius 1 is 1.08 bits per heavy atom. The van der Waals surface area contributed by atoms with Gasteiger partial charge in [-0.2, -0.15) is 0 Å². The number of rotatable bonds is 10. The van der Waals surface area contributed by atoms with E-state index in [1.165, 1.54) is 0 Å². The van der Waals surface area contributed by atoms with Crippen molar-refractivity contribution in [2.75, 3.05) is 7.11 Å². The van der Waals surface area contributed by atoms with Gasteiger partial charge in [-0.1, -0.05) is 51.1 Å². The highest BCUT2D eigenvalue weighted by Crippen LogP contribution is 2.33. The quantitative estimate of drug-likeness (QED) is 0.335. The molecule has 2 aromatic heterocycles. The lowest BCUT2D eigenvalue weighted by Crippen LogP contribution is -2.38. The fourth-order valence-electron chi connectivity index (χ4n) is 4.61. The first-order chi connectivity index (χ1) is 17.2. The van der Waals surface area contributed by atoms with Gasteiger partial charge in [0.25, 0.3) is 5.56 Å². The summed E-state index contributed by atoms with van der Waals surface area (Å²) in [5.41, 5.74) is 2.30. The second-order valence-corrected chi connectivity index (χ2v) is 10.3. The summed E-state index contributed by atoms with van der Waals surface area (Å²) in [4.78, 5) is 18.5. The molecule has 0 bridgehead atoms. The monoisotopic (exact) mass is 488 g/mol. The third kappa shape index (κ3) is 5.33. The number of benzene rings is 2. The van der Waals surface area contributed by atoms with Crippen molar-refractivity contribution in [3.05, 3.63) is 81.9 Å². The average Bonchev–Trinajstić information content (AvgIpc) is 3.35. The molecule has 1 unspecified atom stereocenters. The maximum Gasteiger partial charge on any atom is 0.252 e. The van der Waals surface area contributed by atoms with E-state index in [2.05, 4.69) is 72.2 Å². The van der Waals surface area contributed by atoms with Crippen LogP contribution < -0.4 is 10.3 Å². The Bertz CT molecular complexity index is 1360. The molecule has 0 spiro atoms. The van der Waals surface area contributed by atoms with E-state index < -0.39 is 0 Å². The summed E-state index contributed by atoms with van der Waals surface area (Å²) in [6.07, 6.45) is 0.890. The Kier molecular flexibility index (Phi) is 7.54. The summed E-state index contributed by atoms with van der Waals surface area (Å²) in [5, 5.41) is 13.9. The van der Waals surface area contributed by atoms with E-state index in [0.29, 0.717) is 18.7 Å². The summed E-state index contributed by atoms with van der Waals surface area (Å²) in [5.74, 6) is 1.76. The molecule has 4 rings (SSSR count). The van der Waals surface area contributed by atoms with Gasteiger partial charge in [-0.15, -0.1) is 5.10 Å². The van der Waals surface area contributed by atoms with Crippen molar-refractivity contribution in [1.29, 1.82) is 0 Å². The number of aromatic nitrogens is 5. The highest BCUT2D eigenvalue weighted by Gasteiger charge is 2.33. The van der Waals surface area contributed by atoms with Crippen LogP contribution in [0.15, 0.2) is 59.4 Å². The smallest absolute Gasteiger partial charge is 0.252 e. The number of aromatic amines is 1. The van der Waals surface area contributed by atoms with E-state index in [-0.39, 0.29) is 23.1 Å².